The summed E-state index contributed by atoms with van der Waals surface area (Å²) in [6.07, 6.45) is 44.0. The van der Waals surface area contributed by atoms with Gasteiger partial charge in [-0.25, -0.2) is 0 Å². The standard InChI is InChI=1S/C45H89N2O6P/c1-6-8-10-12-14-16-17-18-19-20-21-22-23-24-25-26-27-28-29-30-31-33-35-37-39-45(49)46-43(42-53-54(50,51)52-41-40-47(3,4)5)44(48)38-36-34-32-15-13-11-9-7-2/h13,15,36,38,43-44,48H,6-12,14,16-35,37,39-42H2,1-5H3,(H-,46,49,50,51)/b15-13+,38-36+. The fourth-order valence-electron chi connectivity index (χ4n) is 6.51. The summed E-state index contributed by atoms with van der Waals surface area (Å²) in [5.74, 6) is -0.208. The Balaban J connectivity index is 4.10. The lowest BCUT2D eigenvalue weighted by Crippen LogP contribution is -2.45. The van der Waals surface area contributed by atoms with Gasteiger partial charge in [0.1, 0.15) is 13.2 Å². The summed E-state index contributed by atoms with van der Waals surface area (Å²) in [4.78, 5) is 25.2. The van der Waals surface area contributed by atoms with Gasteiger partial charge in [0.05, 0.1) is 39.9 Å². The van der Waals surface area contributed by atoms with E-state index in [9.17, 15) is 19.4 Å². The van der Waals surface area contributed by atoms with E-state index in [1.165, 1.54) is 148 Å². The minimum atomic E-state index is -4.58. The van der Waals surface area contributed by atoms with E-state index in [4.69, 9.17) is 9.05 Å². The molecule has 0 saturated heterocycles. The Morgan fingerprint density at radius 2 is 1.04 bits per heavy atom. The summed E-state index contributed by atoms with van der Waals surface area (Å²) in [7, 11) is 1.25. The average Bonchev–Trinajstić information content (AvgIpc) is 3.12. The normalized spacial score (nSPS) is 14.6. The van der Waals surface area contributed by atoms with Crippen molar-refractivity contribution in [1.29, 1.82) is 0 Å². The first kappa shape index (κ1) is 53.0. The van der Waals surface area contributed by atoms with Gasteiger partial charge in [-0.2, -0.15) is 0 Å². The van der Waals surface area contributed by atoms with Crippen molar-refractivity contribution in [2.45, 2.75) is 219 Å². The second-order valence-corrected chi connectivity index (χ2v) is 18.2. The smallest absolute Gasteiger partial charge is 0.268 e. The molecular formula is C45H89N2O6P. The van der Waals surface area contributed by atoms with E-state index in [0.29, 0.717) is 17.4 Å². The average molecular weight is 785 g/mol. The number of hydrogen-bond acceptors (Lipinski definition) is 6. The monoisotopic (exact) mass is 785 g/mol. The minimum absolute atomic E-state index is 0.00486. The van der Waals surface area contributed by atoms with Crippen molar-refractivity contribution in [3.63, 3.8) is 0 Å². The number of hydrogen-bond donors (Lipinski definition) is 2. The molecular weight excluding hydrogens is 695 g/mol. The number of quaternary nitrogens is 1. The van der Waals surface area contributed by atoms with Crippen LogP contribution in [0.2, 0.25) is 0 Å². The van der Waals surface area contributed by atoms with Crippen molar-refractivity contribution < 1.29 is 32.9 Å². The topological polar surface area (TPSA) is 108 Å². The molecule has 0 spiro atoms. The largest absolute Gasteiger partial charge is 0.756 e. The van der Waals surface area contributed by atoms with Crippen LogP contribution in [0.25, 0.3) is 0 Å². The number of carbonyl (C=O) groups excluding carboxylic acids is 1. The predicted molar refractivity (Wildman–Crippen MR) is 228 cm³/mol. The molecule has 320 valence electrons. The molecule has 0 aromatic rings. The fourth-order valence-corrected chi connectivity index (χ4v) is 7.23. The summed E-state index contributed by atoms with van der Waals surface area (Å²) in [6.45, 7) is 4.56. The highest BCUT2D eigenvalue weighted by Gasteiger charge is 2.23. The molecule has 8 nitrogen and oxygen atoms in total. The SMILES string of the molecule is CCCC/C=C/CC/C=C/C(O)C(COP(=O)([O-])OCC[N+](C)(C)C)NC(=O)CCCCCCCCCCCCCCCCCCCCCCCCCC. The Kier molecular flexibility index (Phi) is 36.8. The molecule has 0 fully saturated rings. The van der Waals surface area contributed by atoms with Gasteiger partial charge < -0.3 is 28.8 Å². The first-order chi connectivity index (χ1) is 26.0. The predicted octanol–water partition coefficient (Wildman–Crippen LogP) is 11.9. The Morgan fingerprint density at radius 3 is 1.48 bits per heavy atom. The van der Waals surface area contributed by atoms with Gasteiger partial charge in [-0.15, -0.1) is 0 Å². The second-order valence-electron chi connectivity index (χ2n) is 16.8. The maximum atomic E-state index is 12.8. The van der Waals surface area contributed by atoms with Crippen molar-refractivity contribution in [2.24, 2.45) is 0 Å². The molecule has 0 aliphatic rings. The number of phosphoric acid groups is 1. The quantitative estimate of drug-likeness (QED) is 0.0277. The lowest BCUT2D eigenvalue weighted by Gasteiger charge is -2.29. The number of phosphoric ester groups is 1. The number of likely N-dealkylation sites (N-methyl/N-ethyl adjacent to an activating group) is 1. The van der Waals surface area contributed by atoms with E-state index in [2.05, 4.69) is 31.3 Å². The van der Waals surface area contributed by atoms with E-state index in [1.807, 2.05) is 27.2 Å². The van der Waals surface area contributed by atoms with Gasteiger partial charge in [0.15, 0.2) is 0 Å². The molecule has 3 atom stereocenters. The van der Waals surface area contributed by atoms with Gasteiger partial charge in [0.2, 0.25) is 5.91 Å². The van der Waals surface area contributed by atoms with Crippen LogP contribution in [-0.2, 0) is 18.4 Å². The molecule has 0 saturated carbocycles. The maximum Gasteiger partial charge on any atom is 0.268 e. The van der Waals surface area contributed by atoms with E-state index in [-0.39, 0.29) is 12.5 Å². The molecule has 1 amide bonds. The number of aliphatic hydroxyl groups is 1. The van der Waals surface area contributed by atoms with Crippen molar-refractivity contribution in [3.8, 4) is 0 Å². The van der Waals surface area contributed by atoms with Crippen LogP contribution < -0.4 is 10.2 Å². The number of allylic oxidation sites excluding steroid dienone is 3. The van der Waals surface area contributed by atoms with Crippen molar-refractivity contribution in [3.05, 3.63) is 24.3 Å². The van der Waals surface area contributed by atoms with Gasteiger partial charge >= 0.3 is 0 Å². The molecule has 0 aromatic carbocycles. The number of amides is 1. The lowest BCUT2D eigenvalue weighted by molar-refractivity contribution is -0.870. The number of nitrogens with one attached hydrogen (secondary N) is 1. The molecule has 3 unspecified atom stereocenters. The zero-order valence-corrected chi connectivity index (χ0v) is 37.1. The zero-order chi connectivity index (χ0) is 40.0. The van der Waals surface area contributed by atoms with Crippen LogP contribution >= 0.6 is 7.82 Å². The molecule has 0 radical (unpaired) electrons. The van der Waals surface area contributed by atoms with Crippen molar-refractivity contribution >= 4 is 13.7 Å². The van der Waals surface area contributed by atoms with Gasteiger partial charge in [0, 0.05) is 6.42 Å². The van der Waals surface area contributed by atoms with Crippen LogP contribution in [0.5, 0.6) is 0 Å². The van der Waals surface area contributed by atoms with Gasteiger partial charge in [-0.3, -0.25) is 9.36 Å². The molecule has 0 aliphatic heterocycles. The van der Waals surface area contributed by atoms with Crippen LogP contribution in [0.3, 0.4) is 0 Å². The van der Waals surface area contributed by atoms with Gasteiger partial charge in [-0.1, -0.05) is 199 Å². The highest BCUT2D eigenvalue weighted by atomic mass is 31.2. The van der Waals surface area contributed by atoms with Crippen LogP contribution in [0.1, 0.15) is 206 Å². The highest BCUT2D eigenvalue weighted by Crippen LogP contribution is 2.38. The van der Waals surface area contributed by atoms with Crippen LogP contribution in [0.4, 0.5) is 0 Å². The molecule has 0 aliphatic carbocycles. The first-order valence-electron chi connectivity index (χ1n) is 22.7. The van der Waals surface area contributed by atoms with E-state index in [1.54, 1.807) is 6.08 Å². The summed E-state index contributed by atoms with van der Waals surface area (Å²) in [6, 6.07) is -0.896. The molecule has 2 N–H and O–H groups in total. The molecule has 0 aromatic heterocycles. The highest BCUT2D eigenvalue weighted by molar-refractivity contribution is 7.45. The molecule has 0 heterocycles. The van der Waals surface area contributed by atoms with Gasteiger partial charge in [-0.05, 0) is 25.7 Å². The number of nitrogens with zero attached hydrogens (tertiary/aromatic N) is 1. The summed E-state index contributed by atoms with van der Waals surface area (Å²) in [5.41, 5.74) is 0. The molecule has 9 heteroatoms. The summed E-state index contributed by atoms with van der Waals surface area (Å²) in [5, 5.41) is 13.7. The number of unbranched alkanes of at least 4 members (excludes halogenated alkanes) is 26. The molecule has 0 rings (SSSR count). The Hall–Kier alpha value is -1.02. The van der Waals surface area contributed by atoms with Gasteiger partial charge in [0.25, 0.3) is 7.82 Å². The lowest BCUT2D eigenvalue weighted by atomic mass is 10.0. The Morgan fingerprint density at radius 1 is 0.630 bits per heavy atom. The molecule has 54 heavy (non-hydrogen) atoms. The third-order valence-electron chi connectivity index (χ3n) is 10.2. The summed E-state index contributed by atoms with van der Waals surface area (Å²) < 4.78 is 23.1. The third kappa shape index (κ3) is 39.2. The van der Waals surface area contributed by atoms with Crippen LogP contribution in [0, 0.1) is 0 Å². The first-order valence-corrected chi connectivity index (χ1v) is 24.2. The Bertz CT molecular complexity index is 938. The van der Waals surface area contributed by atoms with Crippen LogP contribution in [0.15, 0.2) is 24.3 Å². The number of aliphatic hydroxyl groups excluding tert-OH is 1. The zero-order valence-electron chi connectivity index (χ0n) is 36.2. The maximum absolute atomic E-state index is 12.8. The Labute approximate surface area is 334 Å². The van der Waals surface area contributed by atoms with E-state index in [0.717, 1.165) is 38.5 Å². The van der Waals surface area contributed by atoms with E-state index >= 15 is 0 Å². The van der Waals surface area contributed by atoms with Crippen LogP contribution in [-0.4, -0.2) is 68.5 Å². The minimum Gasteiger partial charge on any atom is -0.756 e. The number of rotatable bonds is 41. The number of carbonyl (C=O) groups is 1. The second kappa shape index (κ2) is 37.6. The molecule has 0 bridgehead atoms. The summed E-state index contributed by atoms with van der Waals surface area (Å²) >= 11 is 0. The van der Waals surface area contributed by atoms with Crippen molar-refractivity contribution in [1.82, 2.24) is 5.32 Å². The van der Waals surface area contributed by atoms with Crippen molar-refractivity contribution in [2.75, 3.05) is 40.9 Å². The third-order valence-corrected chi connectivity index (χ3v) is 11.1. The fraction of sp³-hybridized carbons (Fsp3) is 0.889. The van der Waals surface area contributed by atoms with E-state index < -0.39 is 26.6 Å².